The lowest BCUT2D eigenvalue weighted by Crippen LogP contribution is -2.48. The van der Waals surface area contributed by atoms with Crippen LogP contribution in [0.1, 0.15) is 13.8 Å². The Bertz CT molecular complexity index is 510. The molecule has 0 aliphatic carbocycles. The molecule has 1 fully saturated rings. The van der Waals surface area contributed by atoms with E-state index in [0.717, 1.165) is 17.6 Å². The van der Waals surface area contributed by atoms with Gasteiger partial charge >= 0.3 is 0 Å². The highest BCUT2D eigenvalue weighted by Gasteiger charge is 2.29. The molecule has 2 N–H and O–H groups in total. The van der Waals surface area contributed by atoms with Crippen molar-refractivity contribution in [2.75, 3.05) is 25.0 Å². The molecule has 1 aliphatic heterocycles. The fraction of sp³-hybridized carbons (Fsp3) is 0.500. The molecule has 7 heteroatoms. The number of hydrogen-bond acceptors (Lipinski definition) is 3. The number of ether oxygens (including phenoxy) is 1. The van der Waals surface area contributed by atoms with Gasteiger partial charge in [0.25, 0.3) is 0 Å². The minimum Gasteiger partial charge on any atom is -0.491 e. The van der Waals surface area contributed by atoms with Crippen LogP contribution in [0.5, 0.6) is 5.75 Å². The molecule has 0 aromatic heterocycles. The van der Waals surface area contributed by atoms with Gasteiger partial charge in [-0.15, -0.1) is 12.4 Å². The Morgan fingerprint density at radius 2 is 2.24 bits per heavy atom. The third-order valence-corrected chi connectivity index (χ3v) is 4.30. The van der Waals surface area contributed by atoms with Crippen molar-refractivity contribution in [3.63, 3.8) is 0 Å². The third-order valence-electron chi connectivity index (χ3n) is 3.49. The first-order valence-corrected chi connectivity index (χ1v) is 7.83. The molecule has 1 unspecified atom stereocenters. The second-order valence-electron chi connectivity index (χ2n) is 4.89. The number of carbonyl (C=O) groups is 1. The zero-order valence-electron chi connectivity index (χ0n) is 11.9. The van der Waals surface area contributed by atoms with Gasteiger partial charge in [0.2, 0.25) is 5.91 Å². The fourth-order valence-corrected chi connectivity index (χ4v) is 2.99. The van der Waals surface area contributed by atoms with Gasteiger partial charge < -0.3 is 15.4 Å². The summed E-state index contributed by atoms with van der Waals surface area (Å²) in [5.41, 5.74) is 0.607. The summed E-state index contributed by atoms with van der Waals surface area (Å²) in [6.07, 6.45) is 0. The van der Waals surface area contributed by atoms with E-state index in [9.17, 15) is 4.79 Å². The predicted molar refractivity (Wildman–Crippen MR) is 91.7 cm³/mol. The van der Waals surface area contributed by atoms with Crippen molar-refractivity contribution in [2.45, 2.75) is 13.8 Å². The van der Waals surface area contributed by atoms with Gasteiger partial charge in [0.1, 0.15) is 0 Å². The van der Waals surface area contributed by atoms with Crippen LogP contribution in [0.2, 0.25) is 5.02 Å². The topological polar surface area (TPSA) is 50.4 Å². The number of nitrogens with one attached hydrogen (secondary N) is 2. The normalized spacial score (nSPS) is 15.6. The van der Waals surface area contributed by atoms with Crippen molar-refractivity contribution < 1.29 is 9.53 Å². The van der Waals surface area contributed by atoms with Gasteiger partial charge in [-0.2, -0.15) is 0 Å². The number of hydrogen-bond donors (Lipinski definition) is 2. The number of benzene rings is 1. The highest BCUT2D eigenvalue weighted by atomic mass is 79.9. The van der Waals surface area contributed by atoms with E-state index in [2.05, 4.69) is 26.6 Å². The molecule has 0 saturated carbocycles. The van der Waals surface area contributed by atoms with Crippen molar-refractivity contribution in [1.29, 1.82) is 0 Å². The number of carbonyl (C=O) groups excluding carboxylic acids is 1. The van der Waals surface area contributed by atoms with E-state index in [0.29, 0.717) is 29.0 Å². The van der Waals surface area contributed by atoms with Crippen molar-refractivity contribution in [2.24, 2.45) is 11.8 Å². The van der Waals surface area contributed by atoms with Crippen LogP contribution < -0.4 is 15.4 Å². The summed E-state index contributed by atoms with van der Waals surface area (Å²) >= 11 is 9.45. The van der Waals surface area contributed by atoms with Gasteiger partial charge in [0.15, 0.2) is 5.75 Å². The van der Waals surface area contributed by atoms with Gasteiger partial charge in [-0.05, 0) is 54.0 Å². The number of anilines is 1. The molecule has 1 saturated heterocycles. The summed E-state index contributed by atoms with van der Waals surface area (Å²) in [6.45, 7) is 6.15. The maximum absolute atomic E-state index is 12.3. The summed E-state index contributed by atoms with van der Waals surface area (Å²) in [5, 5.41) is 6.65. The maximum atomic E-state index is 12.3. The average molecular weight is 398 g/mol. The van der Waals surface area contributed by atoms with Crippen LogP contribution in [0.15, 0.2) is 16.6 Å². The van der Waals surface area contributed by atoms with Crippen LogP contribution in [-0.4, -0.2) is 25.6 Å². The minimum atomic E-state index is -0.0384. The molecule has 21 heavy (non-hydrogen) atoms. The molecule has 4 nitrogen and oxygen atoms in total. The molecule has 2 rings (SSSR count). The number of amides is 1. The summed E-state index contributed by atoms with van der Waals surface area (Å²) < 4.78 is 6.31. The Kier molecular flexibility index (Phi) is 7.27. The van der Waals surface area contributed by atoms with Crippen LogP contribution in [0.3, 0.4) is 0 Å². The van der Waals surface area contributed by atoms with Gasteiger partial charge in [-0.1, -0.05) is 18.5 Å². The van der Waals surface area contributed by atoms with E-state index in [-0.39, 0.29) is 24.2 Å². The second-order valence-corrected chi connectivity index (χ2v) is 6.18. The minimum absolute atomic E-state index is 0. The molecular formula is C14H19BrCl2N2O2. The van der Waals surface area contributed by atoms with Crippen molar-refractivity contribution in [3.8, 4) is 5.75 Å². The van der Waals surface area contributed by atoms with Crippen LogP contribution in [0.4, 0.5) is 5.69 Å². The SMILES string of the molecule is CCOc1c(Br)cc(Cl)cc1NC(=O)C(C)C1CNC1.Cl. The summed E-state index contributed by atoms with van der Waals surface area (Å²) in [5.74, 6) is 0.965. The number of halogens is 3. The molecule has 1 heterocycles. The van der Waals surface area contributed by atoms with E-state index in [4.69, 9.17) is 16.3 Å². The number of rotatable bonds is 5. The predicted octanol–water partition coefficient (Wildman–Crippen LogP) is 3.72. The lowest BCUT2D eigenvalue weighted by molar-refractivity contribution is -0.121. The first kappa shape index (κ1) is 18.6. The smallest absolute Gasteiger partial charge is 0.227 e. The van der Waals surface area contributed by atoms with Crippen LogP contribution in [0.25, 0.3) is 0 Å². The summed E-state index contributed by atoms with van der Waals surface area (Å²) in [6, 6.07) is 3.46. The fourth-order valence-electron chi connectivity index (χ4n) is 2.07. The Hall–Kier alpha value is -0.490. The molecular weight excluding hydrogens is 379 g/mol. The first-order chi connectivity index (χ1) is 9.52. The highest BCUT2D eigenvalue weighted by Crippen LogP contribution is 2.37. The van der Waals surface area contributed by atoms with Crippen molar-refractivity contribution >= 4 is 51.5 Å². The van der Waals surface area contributed by atoms with E-state index < -0.39 is 0 Å². The Morgan fingerprint density at radius 3 is 2.76 bits per heavy atom. The molecule has 1 amide bonds. The molecule has 1 atom stereocenters. The summed E-state index contributed by atoms with van der Waals surface area (Å²) in [7, 11) is 0. The molecule has 1 aromatic carbocycles. The van der Waals surface area contributed by atoms with Crippen LogP contribution in [-0.2, 0) is 4.79 Å². The van der Waals surface area contributed by atoms with E-state index >= 15 is 0 Å². The monoisotopic (exact) mass is 396 g/mol. The van der Waals surface area contributed by atoms with E-state index in [1.54, 1.807) is 12.1 Å². The summed E-state index contributed by atoms with van der Waals surface area (Å²) in [4.78, 5) is 12.3. The Morgan fingerprint density at radius 1 is 1.57 bits per heavy atom. The lowest BCUT2D eigenvalue weighted by atomic mass is 9.88. The Balaban J connectivity index is 0.00000220. The van der Waals surface area contributed by atoms with Crippen LogP contribution in [0, 0.1) is 11.8 Å². The molecule has 0 spiro atoms. The zero-order valence-corrected chi connectivity index (χ0v) is 15.1. The lowest BCUT2D eigenvalue weighted by Gasteiger charge is -2.31. The largest absolute Gasteiger partial charge is 0.491 e. The standard InChI is InChI=1S/C14H18BrClN2O2.ClH/c1-3-20-13-11(15)4-10(16)5-12(13)18-14(19)8(2)9-6-17-7-9;/h4-5,8-9,17H,3,6-7H2,1-2H3,(H,18,19);1H. The second kappa shape index (κ2) is 8.22. The first-order valence-electron chi connectivity index (χ1n) is 6.66. The van der Waals surface area contributed by atoms with Gasteiger partial charge in [-0.3, -0.25) is 4.79 Å². The van der Waals surface area contributed by atoms with E-state index in [1.165, 1.54) is 0 Å². The van der Waals surface area contributed by atoms with Crippen LogP contribution >= 0.6 is 39.9 Å². The van der Waals surface area contributed by atoms with Gasteiger partial charge in [-0.25, -0.2) is 0 Å². The zero-order chi connectivity index (χ0) is 14.7. The average Bonchev–Trinajstić information content (AvgIpc) is 2.31. The van der Waals surface area contributed by atoms with Crippen molar-refractivity contribution in [3.05, 3.63) is 21.6 Å². The van der Waals surface area contributed by atoms with Gasteiger partial charge in [0.05, 0.1) is 16.8 Å². The Labute approximate surface area is 144 Å². The van der Waals surface area contributed by atoms with E-state index in [1.807, 2.05) is 13.8 Å². The molecule has 1 aromatic rings. The quantitative estimate of drug-likeness (QED) is 0.795. The molecule has 1 aliphatic rings. The van der Waals surface area contributed by atoms with Gasteiger partial charge in [0, 0.05) is 10.9 Å². The third kappa shape index (κ3) is 4.49. The highest BCUT2D eigenvalue weighted by molar-refractivity contribution is 9.10. The van der Waals surface area contributed by atoms with Crippen molar-refractivity contribution in [1.82, 2.24) is 5.32 Å². The molecule has 118 valence electrons. The molecule has 0 radical (unpaired) electrons. The molecule has 0 bridgehead atoms. The maximum Gasteiger partial charge on any atom is 0.227 e.